The van der Waals surface area contributed by atoms with Crippen molar-refractivity contribution in [1.29, 1.82) is 0 Å². The van der Waals surface area contributed by atoms with Crippen LogP contribution in [-0.4, -0.2) is 11.0 Å². The number of rotatable bonds is 4. The molecule has 1 atom stereocenters. The summed E-state index contributed by atoms with van der Waals surface area (Å²) in [6.45, 7) is 4.09. The summed E-state index contributed by atoms with van der Waals surface area (Å²) in [5.74, 6) is -0.183. The van der Waals surface area contributed by atoms with Crippen LogP contribution < -0.4 is 0 Å². The SMILES string of the molecule is CCC(C)C(=O)OCc1ccccn1. The Hall–Kier alpha value is -1.38. The molecule has 1 rings (SSSR count). The molecular formula is C11H15NO2. The van der Waals surface area contributed by atoms with Crippen LogP contribution in [0, 0.1) is 5.92 Å². The minimum atomic E-state index is -0.154. The van der Waals surface area contributed by atoms with Gasteiger partial charge >= 0.3 is 5.97 Å². The summed E-state index contributed by atoms with van der Waals surface area (Å²) in [7, 11) is 0. The van der Waals surface area contributed by atoms with E-state index in [1.807, 2.05) is 32.0 Å². The van der Waals surface area contributed by atoms with Crippen LogP contribution in [0.1, 0.15) is 26.0 Å². The summed E-state index contributed by atoms with van der Waals surface area (Å²) in [4.78, 5) is 15.4. The van der Waals surface area contributed by atoms with Crippen LogP contribution in [-0.2, 0) is 16.1 Å². The summed E-state index contributed by atoms with van der Waals surface area (Å²) >= 11 is 0. The van der Waals surface area contributed by atoms with E-state index in [-0.39, 0.29) is 18.5 Å². The Morgan fingerprint density at radius 3 is 2.93 bits per heavy atom. The summed E-state index contributed by atoms with van der Waals surface area (Å²) in [6, 6.07) is 5.54. The molecule has 1 aromatic rings. The molecule has 0 saturated carbocycles. The second-order valence-electron chi connectivity index (χ2n) is 3.24. The summed E-state index contributed by atoms with van der Waals surface area (Å²) in [5.41, 5.74) is 0.782. The van der Waals surface area contributed by atoms with E-state index >= 15 is 0 Å². The Morgan fingerprint density at radius 1 is 1.57 bits per heavy atom. The van der Waals surface area contributed by atoms with E-state index in [9.17, 15) is 4.79 Å². The smallest absolute Gasteiger partial charge is 0.309 e. The zero-order valence-electron chi connectivity index (χ0n) is 8.56. The Morgan fingerprint density at radius 2 is 2.36 bits per heavy atom. The van der Waals surface area contributed by atoms with E-state index in [2.05, 4.69) is 4.98 Å². The molecule has 76 valence electrons. The molecule has 3 nitrogen and oxygen atoms in total. The number of ether oxygens (including phenoxy) is 1. The van der Waals surface area contributed by atoms with Crippen molar-refractivity contribution in [3.8, 4) is 0 Å². The topological polar surface area (TPSA) is 39.2 Å². The van der Waals surface area contributed by atoms with Gasteiger partial charge in [-0.25, -0.2) is 0 Å². The van der Waals surface area contributed by atoms with Crippen molar-refractivity contribution < 1.29 is 9.53 Å². The lowest BCUT2D eigenvalue weighted by Gasteiger charge is -2.08. The minimum absolute atomic E-state index is 0.0290. The molecule has 0 aliphatic rings. The van der Waals surface area contributed by atoms with Crippen molar-refractivity contribution in [1.82, 2.24) is 4.98 Å². The van der Waals surface area contributed by atoms with Gasteiger partial charge in [-0.05, 0) is 18.6 Å². The first-order valence-electron chi connectivity index (χ1n) is 4.80. The molecule has 0 fully saturated rings. The van der Waals surface area contributed by atoms with E-state index in [4.69, 9.17) is 4.74 Å². The van der Waals surface area contributed by atoms with Gasteiger partial charge in [-0.3, -0.25) is 9.78 Å². The van der Waals surface area contributed by atoms with Crippen molar-refractivity contribution in [3.05, 3.63) is 30.1 Å². The maximum atomic E-state index is 11.3. The van der Waals surface area contributed by atoms with Gasteiger partial charge in [-0.2, -0.15) is 0 Å². The van der Waals surface area contributed by atoms with Gasteiger partial charge in [-0.15, -0.1) is 0 Å². The Kier molecular flexibility index (Phi) is 4.11. The average molecular weight is 193 g/mol. The Bertz CT molecular complexity index is 285. The number of carbonyl (C=O) groups excluding carboxylic acids is 1. The van der Waals surface area contributed by atoms with Gasteiger partial charge in [0.05, 0.1) is 11.6 Å². The number of hydrogen-bond donors (Lipinski definition) is 0. The highest BCUT2D eigenvalue weighted by Crippen LogP contribution is 2.05. The molecule has 1 unspecified atom stereocenters. The van der Waals surface area contributed by atoms with Crippen LogP contribution >= 0.6 is 0 Å². The molecule has 0 radical (unpaired) electrons. The predicted molar refractivity (Wildman–Crippen MR) is 53.5 cm³/mol. The van der Waals surface area contributed by atoms with Crippen LogP contribution in [0.5, 0.6) is 0 Å². The van der Waals surface area contributed by atoms with E-state index in [0.717, 1.165) is 12.1 Å². The van der Waals surface area contributed by atoms with Gasteiger partial charge in [-0.1, -0.05) is 19.9 Å². The summed E-state index contributed by atoms with van der Waals surface area (Å²) < 4.78 is 5.08. The average Bonchev–Trinajstić information content (AvgIpc) is 2.26. The van der Waals surface area contributed by atoms with Crippen molar-refractivity contribution in [2.45, 2.75) is 26.9 Å². The molecular weight excluding hydrogens is 178 g/mol. The zero-order valence-corrected chi connectivity index (χ0v) is 8.56. The van der Waals surface area contributed by atoms with Crippen molar-refractivity contribution in [3.63, 3.8) is 0 Å². The van der Waals surface area contributed by atoms with Gasteiger partial charge in [0.25, 0.3) is 0 Å². The number of esters is 1. The fourth-order valence-corrected chi connectivity index (χ4v) is 0.938. The molecule has 3 heteroatoms. The summed E-state index contributed by atoms with van der Waals surface area (Å²) in [5, 5.41) is 0. The molecule has 1 aromatic heterocycles. The molecule has 0 bridgehead atoms. The minimum Gasteiger partial charge on any atom is -0.459 e. The number of nitrogens with zero attached hydrogens (tertiary/aromatic N) is 1. The Balaban J connectivity index is 2.38. The maximum absolute atomic E-state index is 11.3. The third-order valence-electron chi connectivity index (χ3n) is 2.10. The maximum Gasteiger partial charge on any atom is 0.309 e. The quantitative estimate of drug-likeness (QED) is 0.688. The first-order chi connectivity index (χ1) is 6.74. The van der Waals surface area contributed by atoms with Crippen LogP contribution in [0.3, 0.4) is 0 Å². The normalized spacial score (nSPS) is 12.1. The van der Waals surface area contributed by atoms with E-state index in [0.29, 0.717) is 0 Å². The van der Waals surface area contributed by atoms with Crippen molar-refractivity contribution in [2.75, 3.05) is 0 Å². The second-order valence-corrected chi connectivity index (χ2v) is 3.24. The lowest BCUT2D eigenvalue weighted by Crippen LogP contribution is -2.13. The molecule has 0 amide bonds. The van der Waals surface area contributed by atoms with Gasteiger partial charge in [0, 0.05) is 6.20 Å². The first-order valence-corrected chi connectivity index (χ1v) is 4.80. The monoisotopic (exact) mass is 193 g/mol. The molecule has 0 aromatic carbocycles. The molecule has 1 heterocycles. The van der Waals surface area contributed by atoms with Gasteiger partial charge < -0.3 is 4.74 Å². The second kappa shape index (κ2) is 5.37. The zero-order chi connectivity index (χ0) is 10.4. The third-order valence-corrected chi connectivity index (χ3v) is 2.10. The number of carbonyl (C=O) groups is 1. The third kappa shape index (κ3) is 3.17. The number of hydrogen-bond acceptors (Lipinski definition) is 3. The van der Waals surface area contributed by atoms with Gasteiger partial charge in [0.15, 0.2) is 0 Å². The van der Waals surface area contributed by atoms with Crippen LogP contribution in [0.2, 0.25) is 0 Å². The van der Waals surface area contributed by atoms with Crippen LogP contribution in [0.4, 0.5) is 0 Å². The van der Waals surface area contributed by atoms with Crippen LogP contribution in [0.25, 0.3) is 0 Å². The van der Waals surface area contributed by atoms with E-state index in [1.54, 1.807) is 6.20 Å². The highest BCUT2D eigenvalue weighted by Gasteiger charge is 2.11. The van der Waals surface area contributed by atoms with E-state index in [1.165, 1.54) is 0 Å². The fraction of sp³-hybridized carbons (Fsp3) is 0.455. The number of pyridine rings is 1. The highest BCUT2D eigenvalue weighted by atomic mass is 16.5. The van der Waals surface area contributed by atoms with E-state index < -0.39 is 0 Å². The highest BCUT2D eigenvalue weighted by molar-refractivity contribution is 5.71. The molecule has 0 aliphatic carbocycles. The summed E-state index contributed by atoms with van der Waals surface area (Å²) in [6.07, 6.45) is 2.49. The molecule has 0 aliphatic heterocycles. The lowest BCUT2D eigenvalue weighted by molar-refractivity contribution is -0.149. The molecule has 0 saturated heterocycles. The number of aromatic nitrogens is 1. The largest absolute Gasteiger partial charge is 0.459 e. The van der Waals surface area contributed by atoms with Crippen molar-refractivity contribution >= 4 is 5.97 Å². The van der Waals surface area contributed by atoms with Crippen LogP contribution in [0.15, 0.2) is 24.4 Å². The van der Waals surface area contributed by atoms with Gasteiger partial charge in [0.1, 0.15) is 6.61 Å². The standard InChI is InChI=1S/C11H15NO2/c1-3-9(2)11(13)14-8-10-6-4-5-7-12-10/h4-7,9H,3,8H2,1-2H3. The van der Waals surface area contributed by atoms with Crippen molar-refractivity contribution in [2.24, 2.45) is 5.92 Å². The molecule has 0 spiro atoms. The van der Waals surface area contributed by atoms with Gasteiger partial charge in [0.2, 0.25) is 0 Å². The Labute approximate surface area is 84.1 Å². The molecule has 14 heavy (non-hydrogen) atoms. The lowest BCUT2D eigenvalue weighted by atomic mass is 10.1. The predicted octanol–water partition coefficient (Wildman–Crippen LogP) is 2.17. The fourth-order valence-electron chi connectivity index (χ4n) is 0.938. The molecule has 0 N–H and O–H groups in total. The first kappa shape index (κ1) is 10.7.